The first kappa shape index (κ1) is 15.0. The molecule has 0 aromatic heterocycles. The fourth-order valence-electron chi connectivity index (χ4n) is 2.78. The Morgan fingerprint density at radius 1 is 1.35 bits per heavy atom. The van der Waals surface area contributed by atoms with E-state index in [4.69, 9.17) is 5.11 Å². The monoisotopic (exact) mass is 339 g/mol. The number of nitrogens with zero attached hydrogens (tertiary/aromatic N) is 1. The maximum Gasteiger partial charge on any atom is 0.307 e. The Balaban J connectivity index is 2.05. The molecule has 1 saturated carbocycles. The number of halogens is 1. The molecule has 1 aliphatic carbocycles. The fraction of sp³-hybridized carbons (Fsp3) is 0.467. The van der Waals surface area contributed by atoms with Crippen LogP contribution < -0.4 is 0 Å². The van der Waals surface area contributed by atoms with Crippen molar-refractivity contribution in [3.8, 4) is 0 Å². The zero-order valence-electron chi connectivity index (χ0n) is 11.8. The minimum absolute atomic E-state index is 0.0950. The number of benzene rings is 1. The van der Waals surface area contributed by atoms with Gasteiger partial charge in [-0.25, -0.2) is 0 Å². The van der Waals surface area contributed by atoms with Crippen molar-refractivity contribution in [2.24, 2.45) is 17.3 Å². The lowest BCUT2D eigenvalue weighted by molar-refractivity contribution is -0.141. The zero-order valence-corrected chi connectivity index (χ0v) is 13.3. The highest BCUT2D eigenvalue weighted by atomic mass is 79.9. The highest BCUT2D eigenvalue weighted by Gasteiger charge is 2.66. The summed E-state index contributed by atoms with van der Waals surface area (Å²) < 4.78 is 0.964. The Kier molecular flexibility index (Phi) is 3.91. The molecule has 2 unspecified atom stereocenters. The molecule has 0 aliphatic heterocycles. The lowest BCUT2D eigenvalue weighted by Gasteiger charge is -2.18. The summed E-state index contributed by atoms with van der Waals surface area (Å²) in [6, 6.07) is 7.74. The van der Waals surface area contributed by atoms with Gasteiger partial charge in [0.15, 0.2) is 0 Å². The second kappa shape index (κ2) is 5.20. The first-order valence-electron chi connectivity index (χ1n) is 6.47. The molecule has 0 radical (unpaired) electrons. The van der Waals surface area contributed by atoms with Crippen molar-refractivity contribution in [2.75, 3.05) is 7.05 Å². The molecule has 1 fully saturated rings. The summed E-state index contributed by atoms with van der Waals surface area (Å²) in [5.74, 6) is -1.97. The molecule has 1 aromatic carbocycles. The Hall–Kier alpha value is -1.36. The summed E-state index contributed by atoms with van der Waals surface area (Å²) in [7, 11) is 1.72. The number of hydrogen-bond donors (Lipinski definition) is 1. The highest BCUT2D eigenvalue weighted by Crippen LogP contribution is 2.58. The summed E-state index contributed by atoms with van der Waals surface area (Å²) in [5, 5.41) is 9.14. The van der Waals surface area contributed by atoms with E-state index in [9.17, 15) is 9.59 Å². The number of carboxylic acids is 1. The average molecular weight is 340 g/mol. The van der Waals surface area contributed by atoms with Gasteiger partial charge in [-0.05, 0) is 23.1 Å². The molecule has 108 valence electrons. The summed E-state index contributed by atoms with van der Waals surface area (Å²) in [6.45, 7) is 4.15. The molecule has 20 heavy (non-hydrogen) atoms. The highest BCUT2D eigenvalue weighted by molar-refractivity contribution is 9.10. The van der Waals surface area contributed by atoms with E-state index in [1.807, 2.05) is 38.1 Å². The van der Waals surface area contributed by atoms with E-state index < -0.39 is 23.2 Å². The number of aliphatic carboxylic acids is 1. The van der Waals surface area contributed by atoms with Crippen molar-refractivity contribution in [3.63, 3.8) is 0 Å². The molecule has 2 atom stereocenters. The molecular formula is C15H18BrNO3. The maximum absolute atomic E-state index is 12.4. The molecule has 1 aromatic rings. The second-order valence-electron chi connectivity index (χ2n) is 5.94. The number of carbonyl (C=O) groups is 2. The van der Waals surface area contributed by atoms with E-state index in [-0.39, 0.29) is 5.91 Å². The lowest BCUT2D eigenvalue weighted by Crippen LogP contribution is -2.29. The van der Waals surface area contributed by atoms with E-state index in [0.717, 1.165) is 10.0 Å². The van der Waals surface area contributed by atoms with Crippen molar-refractivity contribution < 1.29 is 14.7 Å². The van der Waals surface area contributed by atoms with Gasteiger partial charge >= 0.3 is 5.97 Å². The van der Waals surface area contributed by atoms with Gasteiger partial charge in [0.2, 0.25) is 5.91 Å². The van der Waals surface area contributed by atoms with E-state index in [1.165, 1.54) is 0 Å². The molecular weight excluding hydrogens is 322 g/mol. The van der Waals surface area contributed by atoms with Crippen molar-refractivity contribution in [3.05, 3.63) is 34.3 Å². The Labute approximate surface area is 126 Å². The van der Waals surface area contributed by atoms with Crippen molar-refractivity contribution in [2.45, 2.75) is 20.4 Å². The second-order valence-corrected chi connectivity index (χ2v) is 6.85. The molecule has 0 heterocycles. The van der Waals surface area contributed by atoms with Gasteiger partial charge in [0.1, 0.15) is 0 Å². The van der Waals surface area contributed by atoms with Crippen LogP contribution in [0.1, 0.15) is 19.4 Å². The van der Waals surface area contributed by atoms with Crippen LogP contribution >= 0.6 is 15.9 Å². The van der Waals surface area contributed by atoms with Gasteiger partial charge in [0.05, 0.1) is 11.8 Å². The van der Waals surface area contributed by atoms with Crippen molar-refractivity contribution >= 4 is 27.8 Å². The lowest BCUT2D eigenvalue weighted by atomic mass is 10.1. The van der Waals surface area contributed by atoms with Crippen LogP contribution in [0.25, 0.3) is 0 Å². The number of amides is 1. The summed E-state index contributed by atoms with van der Waals surface area (Å²) >= 11 is 3.40. The molecule has 1 N–H and O–H groups in total. The molecule has 1 aliphatic rings. The van der Waals surface area contributed by atoms with E-state index in [2.05, 4.69) is 15.9 Å². The molecule has 0 bridgehead atoms. The van der Waals surface area contributed by atoms with E-state index in [1.54, 1.807) is 11.9 Å². The predicted octanol–water partition coefficient (Wildman–Crippen LogP) is 2.76. The smallest absolute Gasteiger partial charge is 0.307 e. The van der Waals surface area contributed by atoms with Crippen LogP contribution in [0.3, 0.4) is 0 Å². The van der Waals surface area contributed by atoms with E-state index in [0.29, 0.717) is 6.54 Å². The van der Waals surface area contributed by atoms with Crippen LogP contribution in [0.5, 0.6) is 0 Å². The predicted molar refractivity (Wildman–Crippen MR) is 79.0 cm³/mol. The maximum atomic E-state index is 12.4. The number of carbonyl (C=O) groups excluding carboxylic acids is 1. The summed E-state index contributed by atoms with van der Waals surface area (Å²) in [4.78, 5) is 25.1. The number of carboxylic acid groups (broad SMARTS) is 1. The molecule has 5 heteroatoms. The molecule has 2 rings (SSSR count). The Morgan fingerprint density at radius 3 is 2.50 bits per heavy atom. The Bertz CT molecular complexity index is 556. The average Bonchev–Trinajstić information content (AvgIpc) is 2.91. The van der Waals surface area contributed by atoms with Crippen molar-refractivity contribution in [1.82, 2.24) is 4.90 Å². The standard InChI is InChI=1S/C15H18BrNO3/c1-15(2)11(12(15)14(19)20)13(18)17(3)8-9-5-4-6-10(16)7-9/h4-7,11-12H,8H2,1-3H3,(H,19,20). The van der Waals surface area contributed by atoms with Crippen LogP contribution in [0.15, 0.2) is 28.7 Å². The van der Waals surface area contributed by atoms with E-state index >= 15 is 0 Å². The molecule has 0 spiro atoms. The van der Waals surface area contributed by atoms with Gasteiger partial charge in [-0.1, -0.05) is 41.9 Å². The van der Waals surface area contributed by atoms with Crippen LogP contribution in [0.4, 0.5) is 0 Å². The summed E-state index contributed by atoms with van der Waals surface area (Å²) in [6.07, 6.45) is 0. The van der Waals surface area contributed by atoms with Gasteiger partial charge in [-0.2, -0.15) is 0 Å². The molecule has 1 amide bonds. The topological polar surface area (TPSA) is 57.6 Å². The normalized spacial score (nSPS) is 23.2. The fourth-order valence-corrected chi connectivity index (χ4v) is 3.23. The molecule has 4 nitrogen and oxygen atoms in total. The van der Waals surface area contributed by atoms with Crippen LogP contribution in [0, 0.1) is 17.3 Å². The van der Waals surface area contributed by atoms with Crippen LogP contribution in [-0.2, 0) is 16.1 Å². The first-order chi connectivity index (χ1) is 9.25. The minimum Gasteiger partial charge on any atom is -0.481 e. The number of hydrogen-bond acceptors (Lipinski definition) is 2. The van der Waals surface area contributed by atoms with Crippen molar-refractivity contribution in [1.29, 1.82) is 0 Å². The minimum atomic E-state index is -0.885. The third-order valence-corrected chi connectivity index (χ3v) is 4.54. The van der Waals surface area contributed by atoms with Crippen LogP contribution in [0.2, 0.25) is 0 Å². The third kappa shape index (κ3) is 2.73. The summed E-state index contributed by atoms with van der Waals surface area (Å²) in [5.41, 5.74) is 0.564. The van der Waals surface area contributed by atoms with Crippen LogP contribution in [-0.4, -0.2) is 28.9 Å². The van der Waals surface area contributed by atoms with Gasteiger partial charge in [0, 0.05) is 18.1 Å². The van der Waals surface area contributed by atoms with Gasteiger partial charge in [-0.3, -0.25) is 9.59 Å². The third-order valence-electron chi connectivity index (χ3n) is 4.04. The molecule has 0 saturated heterocycles. The largest absolute Gasteiger partial charge is 0.481 e. The number of rotatable bonds is 4. The van der Waals surface area contributed by atoms with Gasteiger partial charge < -0.3 is 10.0 Å². The SMILES string of the molecule is CN(Cc1cccc(Br)c1)C(=O)C1C(C(=O)O)C1(C)C. The first-order valence-corrected chi connectivity index (χ1v) is 7.26. The zero-order chi connectivity index (χ0) is 15.1. The Morgan fingerprint density at radius 2 is 2.00 bits per heavy atom. The van der Waals surface area contributed by atoms with Gasteiger partial charge in [0.25, 0.3) is 0 Å². The van der Waals surface area contributed by atoms with Gasteiger partial charge in [-0.15, -0.1) is 0 Å². The quantitative estimate of drug-likeness (QED) is 0.917.